The van der Waals surface area contributed by atoms with E-state index in [9.17, 15) is 4.79 Å². The lowest BCUT2D eigenvalue weighted by atomic mass is 9.91. The van der Waals surface area contributed by atoms with Gasteiger partial charge in [0.25, 0.3) is 0 Å². The van der Waals surface area contributed by atoms with Crippen LogP contribution in [0.2, 0.25) is 0 Å². The Morgan fingerprint density at radius 3 is 2.11 bits per heavy atom. The summed E-state index contributed by atoms with van der Waals surface area (Å²) < 4.78 is 9.94. The van der Waals surface area contributed by atoms with Gasteiger partial charge in [0, 0.05) is 11.7 Å². The molecule has 0 saturated heterocycles. The third-order valence-electron chi connectivity index (χ3n) is 3.25. The van der Waals surface area contributed by atoms with E-state index in [-0.39, 0.29) is 17.9 Å². The van der Waals surface area contributed by atoms with E-state index in [1.165, 1.54) is 7.11 Å². The Labute approximate surface area is 115 Å². The van der Waals surface area contributed by atoms with Crippen LogP contribution in [-0.2, 0) is 9.53 Å². The molecule has 1 aromatic rings. The van der Waals surface area contributed by atoms with Crippen molar-refractivity contribution in [3.05, 3.63) is 24.3 Å². The maximum Gasteiger partial charge on any atom is 0.310 e. The Bertz CT molecular complexity index is 400. The van der Waals surface area contributed by atoms with Crippen molar-refractivity contribution >= 4 is 11.7 Å². The fraction of sp³-hybridized carbons (Fsp3) is 0.533. The molecule has 0 amide bonds. The molecular formula is C15H23NO3. The first-order valence-corrected chi connectivity index (χ1v) is 6.48. The number of anilines is 1. The van der Waals surface area contributed by atoms with Gasteiger partial charge in [-0.15, -0.1) is 0 Å². The van der Waals surface area contributed by atoms with E-state index in [2.05, 4.69) is 19.2 Å². The Hall–Kier alpha value is -1.71. The van der Waals surface area contributed by atoms with Crippen LogP contribution in [0.25, 0.3) is 0 Å². The Morgan fingerprint density at radius 2 is 1.68 bits per heavy atom. The molecule has 4 nitrogen and oxygen atoms in total. The average Bonchev–Trinajstić information content (AvgIpc) is 2.43. The van der Waals surface area contributed by atoms with Gasteiger partial charge in [-0.25, -0.2) is 0 Å². The Kier molecular flexibility index (Phi) is 5.67. The summed E-state index contributed by atoms with van der Waals surface area (Å²) in [7, 11) is 3.06. The van der Waals surface area contributed by atoms with Gasteiger partial charge in [0.1, 0.15) is 5.75 Å². The molecular weight excluding hydrogens is 242 g/mol. The molecule has 0 unspecified atom stereocenters. The van der Waals surface area contributed by atoms with Gasteiger partial charge in [0.2, 0.25) is 0 Å². The fourth-order valence-corrected chi connectivity index (χ4v) is 2.08. The van der Waals surface area contributed by atoms with E-state index in [0.717, 1.165) is 11.4 Å². The molecule has 0 spiro atoms. The minimum absolute atomic E-state index is 0.0286. The molecule has 0 heterocycles. The highest BCUT2D eigenvalue weighted by molar-refractivity contribution is 5.73. The number of methoxy groups -OCH3 is 2. The molecule has 19 heavy (non-hydrogen) atoms. The first-order chi connectivity index (χ1) is 8.99. The number of carbonyl (C=O) groups is 1. The van der Waals surface area contributed by atoms with Crippen LogP contribution in [0.4, 0.5) is 5.69 Å². The van der Waals surface area contributed by atoms with E-state index in [1.807, 2.05) is 31.2 Å². The van der Waals surface area contributed by atoms with Gasteiger partial charge in [0.05, 0.1) is 20.1 Å². The molecule has 0 fully saturated rings. The van der Waals surface area contributed by atoms with Crippen molar-refractivity contribution in [3.63, 3.8) is 0 Å². The molecule has 1 aromatic carbocycles. The Balaban J connectivity index is 2.80. The minimum Gasteiger partial charge on any atom is -0.497 e. The van der Waals surface area contributed by atoms with Crippen LogP contribution in [0.3, 0.4) is 0 Å². The molecule has 106 valence electrons. The number of rotatable bonds is 6. The predicted molar refractivity (Wildman–Crippen MR) is 76.4 cm³/mol. The van der Waals surface area contributed by atoms with Crippen LogP contribution in [0.1, 0.15) is 20.8 Å². The zero-order valence-electron chi connectivity index (χ0n) is 12.3. The lowest BCUT2D eigenvalue weighted by molar-refractivity contribution is -0.145. The maximum absolute atomic E-state index is 11.7. The summed E-state index contributed by atoms with van der Waals surface area (Å²) >= 11 is 0. The summed E-state index contributed by atoms with van der Waals surface area (Å²) in [5, 5.41) is 3.39. The largest absolute Gasteiger partial charge is 0.497 e. The molecule has 0 saturated carbocycles. The van der Waals surface area contributed by atoms with Gasteiger partial charge >= 0.3 is 5.97 Å². The molecule has 0 bridgehead atoms. The third-order valence-corrected chi connectivity index (χ3v) is 3.25. The molecule has 4 heteroatoms. The third kappa shape index (κ3) is 4.16. The minimum atomic E-state index is -0.202. The van der Waals surface area contributed by atoms with Crippen molar-refractivity contribution in [3.8, 4) is 5.75 Å². The van der Waals surface area contributed by atoms with Gasteiger partial charge in [-0.3, -0.25) is 4.79 Å². The van der Waals surface area contributed by atoms with Gasteiger partial charge in [-0.05, 0) is 37.1 Å². The lowest BCUT2D eigenvalue weighted by Gasteiger charge is -2.28. The van der Waals surface area contributed by atoms with Crippen molar-refractivity contribution in [2.75, 3.05) is 19.5 Å². The molecule has 0 aliphatic carbocycles. The Morgan fingerprint density at radius 1 is 1.11 bits per heavy atom. The standard InChI is InChI=1S/C15H23NO3/c1-10(2)14(11(3)15(17)19-5)16-12-6-8-13(18-4)9-7-12/h6-11,14,16H,1-5H3/t11-,14-/m1/s1. The number of esters is 1. The predicted octanol–water partition coefficient (Wildman–Crippen LogP) is 2.94. The second-order valence-electron chi connectivity index (χ2n) is 4.95. The summed E-state index contributed by atoms with van der Waals surface area (Å²) in [4.78, 5) is 11.7. The summed E-state index contributed by atoms with van der Waals surface area (Å²) in [6.07, 6.45) is 0. The smallest absolute Gasteiger partial charge is 0.310 e. The van der Waals surface area contributed by atoms with Gasteiger partial charge < -0.3 is 14.8 Å². The molecule has 0 aliphatic heterocycles. The van der Waals surface area contributed by atoms with Crippen LogP contribution in [0, 0.1) is 11.8 Å². The van der Waals surface area contributed by atoms with Crippen molar-refractivity contribution in [1.82, 2.24) is 0 Å². The fourth-order valence-electron chi connectivity index (χ4n) is 2.08. The van der Waals surface area contributed by atoms with Gasteiger partial charge in [-0.2, -0.15) is 0 Å². The van der Waals surface area contributed by atoms with E-state index < -0.39 is 0 Å². The number of ether oxygens (including phenoxy) is 2. The zero-order valence-corrected chi connectivity index (χ0v) is 12.3. The van der Waals surface area contributed by atoms with Crippen LogP contribution in [0.15, 0.2) is 24.3 Å². The number of carbonyl (C=O) groups excluding carboxylic acids is 1. The second kappa shape index (κ2) is 7.02. The van der Waals surface area contributed by atoms with Crippen LogP contribution in [-0.4, -0.2) is 26.2 Å². The molecule has 1 N–H and O–H groups in total. The topological polar surface area (TPSA) is 47.6 Å². The quantitative estimate of drug-likeness (QED) is 0.803. The number of hydrogen-bond acceptors (Lipinski definition) is 4. The van der Waals surface area contributed by atoms with Crippen LogP contribution in [0.5, 0.6) is 5.75 Å². The highest BCUT2D eigenvalue weighted by atomic mass is 16.5. The van der Waals surface area contributed by atoms with E-state index in [1.54, 1.807) is 7.11 Å². The molecule has 2 atom stereocenters. The van der Waals surface area contributed by atoms with E-state index in [4.69, 9.17) is 9.47 Å². The summed E-state index contributed by atoms with van der Waals surface area (Å²) in [6.45, 7) is 6.05. The number of hydrogen-bond donors (Lipinski definition) is 1. The number of benzene rings is 1. The monoisotopic (exact) mass is 265 g/mol. The van der Waals surface area contributed by atoms with E-state index >= 15 is 0 Å². The zero-order chi connectivity index (χ0) is 14.4. The molecule has 0 aromatic heterocycles. The highest BCUT2D eigenvalue weighted by Crippen LogP contribution is 2.22. The highest BCUT2D eigenvalue weighted by Gasteiger charge is 2.27. The van der Waals surface area contributed by atoms with Crippen molar-refractivity contribution in [1.29, 1.82) is 0 Å². The SMILES string of the molecule is COC(=O)[C@H](C)[C@H](Nc1ccc(OC)cc1)C(C)C. The van der Waals surface area contributed by atoms with Crippen molar-refractivity contribution in [2.45, 2.75) is 26.8 Å². The summed E-state index contributed by atoms with van der Waals surface area (Å²) in [5.74, 6) is 0.732. The van der Waals surface area contributed by atoms with Crippen LogP contribution >= 0.6 is 0 Å². The average molecular weight is 265 g/mol. The number of nitrogens with one attached hydrogen (secondary N) is 1. The summed E-state index contributed by atoms with van der Waals surface area (Å²) in [5.41, 5.74) is 0.968. The lowest BCUT2D eigenvalue weighted by Crippen LogP contribution is -2.37. The first-order valence-electron chi connectivity index (χ1n) is 6.48. The molecule has 0 aliphatic rings. The van der Waals surface area contributed by atoms with Gasteiger partial charge in [0.15, 0.2) is 0 Å². The van der Waals surface area contributed by atoms with Gasteiger partial charge in [-0.1, -0.05) is 13.8 Å². The van der Waals surface area contributed by atoms with Crippen molar-refractivity contribution in [2.24, 2.45) is 11.8 Å². The summed E-state index contributed by atoms with van der Waals surface area (Å²) in [6, 6.07) is 7.70. The first kappa shape index (κ1) is 15.3. The molecule has 1 rings (SSSR count). The second-order valence-corrected chi connectivity index (χ2v) is 4.95. The van der Waals surface area contributed by atoms with Crippen LogP contribution < -0.4 is 10.1 Å². The van der Waals surface area contributed by atoms with E-state index in [0.29, 0.717) is 5.92 Å². The maximum atomic E-state index is 11.7. The normalized spacial score (nSPS) is 13.8. The molecule has 0 radical (unpaired) electrons. The van der Waals surface area contributed by atoms with Crippen molar-refractivity contribution < 1.29 is 14.3 Å².